The number of rotatable bonds is 4. The second-order valence-electron chi connectivity index (χ2n) is 5.47. The molecule has 0 bridgehead atoms. The van der Waals surface area contributed by atoms with E-state index in [0.717, 1.165) is 25.5 Å². The third-order valence-electron chi connectivity index (χ3n) is 3.47. The van der Waals surface area contributed by atoms with E-state index in [-0.39, 0.29) is 18.0 Å². The zero-order chi connectivity index (χ0) is 20.1. The number of esters is 3. The van der Waals surface area contributed by atoms with Gasteiger partial charge in [-0.25, -0.2) is 4.68 Å². The van der Waals surface area contributed by atoms with Gasteiger partial charge in [0.05, 0.1) is 6.61 Å². The fraction of sp³-hybridized carbons (Fsp3) is 0.533. The van der Waals surface area contributed by atoms with E-state index >= 15 is 0 Å². The van der Waals surface area contributed by atoms with Gasteiger partial charge in [0.1, 0.15) is 12.1 Å². The largest absolute Gasteiger partial charge is 0.456 e. The van der Waals surface area contributed by atoms with Crippen molar-refractivity contribution < 1.29 is 33.3 Å². The molecule has 12 nitrogen and oxygen atoms in total. The van der Waals surface area contributed by atoms with Crippen molar-refractivity contribution in [1.82, 2.24) is 15.0 Å². The van der Waals surface area contributed by atoms with E-state index in [2.05, 4.69) is 10.3 Å². The first kappa shape index (κ1) is 19.8. The molecule has 1 fully saturated rings. The summed E-state index contributed by atoms with van der Waals surface area (Å²) in [5.74, 6) is -2.12. The Morgan fingerprint density at radius 2 is 1.63 bits per heavy atom. The van der Waals surface area contributed by atoms with Gasteiger partial charge in [0.15, 0.2) is 30.2 Å². The molecule has 0 aromatic carbocycles. The summed E-state index contributed by atoms with van der Waals surface area (Å²) in [4.78, 5) is 34.4. The Balaban J connectivity index is 2.48. The van der Waals surface area contributed by atoms with E-state index in [4.69, 9.17) is 24.2 Å². The zero-order valence-corrected chi connectivity index (χ0v) is 14.6. The van der Waals surface area contributed by atoms with Gasteiger partial charge in [0, 0.05) is 20.8 Å². The van der Waals surface area contributed by atoms with Crippen molar-refractivity contribution in [1.29, 1.82) is 10.5 Å². The van der Waals surface area contributed by atoms with E-state index < -0.39 is 42.4 Å². The van der Waals surface area contributed by atoms with Crippen molar-refractivity contribution in [3.8, 4) is 12.1 Å². The molecule has 12 heteroatoms. The van der Waals surface area contributed by atoms with Crippen molar-refractivity contribution in [2.24, 2.45) is 0 Å². The van der Waals surface area contributed by atoms with E-state index in [0.29, 0.717) is 0 Å². The molecular formula is C15H15N5O7. The Kier molecular flexibility index (Phi) is 6.05. The summed E-state index contributed by atoms with van der Waals surface area (Å²) in [5, 5.41) is 25.6. The highest BCUT2D eigenvalue weighted by Crippen LogP contribution is 2.31. The predicted molar refractivity (Wildman–Crippen MR) is 81.1 cm³/mol. The van der Waals surface area contributed by atoms with Gasteiger partial charge in [0.25, 0.3) is 0 Å². The molecule has 0 radical (unpaired) electrons. The minimum absolute atomic E-state index is 0.229. The predicted octanol–water partition coefficient (Wildman–Crippen LogP) is -0.655. The van der Waals surface area contributed by atoms with Gasteiger partial charge >= 0.3 is 17.9 Å². The molecule has 2 heterocycles. The standard InChI is InChI=1S/C15H15N5O7/c1-7(21)25-12-6-24-15(20-11(5-17)10(4-16)18-19-20)14(27-9(3)23)13(12)26-8(2)22/h12-15H,6H2,1-3H3/t12-,13-,14-,15+/m1/s1. The van der Waals surface area contributed by atoms with Gasteiger partial charge < -0.3 is 18.9 Å². The highest BCUT2D eigenvalue weighted by Gasteiger charge is 2.48. The van der Waals surface area contributed by atoms with Crippen LogP contribution < -0.4 is 0 Å². The quantitative estimate of drug-likeness (QED) is 0.483. The number of ether oxygens (including phenoxy) is 4. The summed E-state index contributed by atoms with van der Waals surface area (Å²) in [5.41, 5.74) is -0.485. The van der Waals surface area contributed by atoms with Crippen molar-refractivity contribution in [3.63, 3.8) is 0 Å². The van der Waals surface area contributed by atoms with Gasteiger partial charge in [-0.1, -0.05) is 5.21 Å². The van der Waals surface area contributed by atoms with Crippen LogP contribution in [0, 0.1) is 22.7 Å². The average Bonchev–Trinajstić information content (AvgIpc) is 2.99. The molecule has 1 aromatic rings. The van der Waals surface area contributed by atoms with Crippen LogP contribution in [0.3, 0.4) is 0 Å². The molecule has 0 amide bonds. The molecule has 0 N–H and O–H groups in total. The first-order valence-electron chi connectivity index (χ1n) is 7.67. The van der Waals surface area contributed by atoms with Crippen LogP contribution in [-0.2, 0) is 33.3 Å². The minimum Gasteiger partial charge on any atom is -0.456 e. The lowest BCUT2D eigenvalue weighted by Gasteiger charge is -2.40. The lowest BCUT2D eigenvalue weighted by atomic mass is 10.0. The Morgan fingerprint density at radius 3 is 2.15 bits per heavy atom. The number of aromatic nitrogens is 3. The molecular weight excluding hydrogens is 362 g/mol. The van der Waals surface area contributed by atoms with Crippen molar-refractivity contribution in [2.75, 3.05) is 6.61 Å². The summed E-state index contributed by atoms with van der Waals surface area (Å²) in [6.45, 7) is 3.16. The Labute approximate surface area is 153 Å². The molecule has 4 atom stereocenters. The summed E-state index contributed by atoms with van der Waals surface area (Å²) in [6.07, 6.45) is -4.84. The second kappa shape index (κ2) is 8.25. The Bertz CT molecular complexity index is 837. The zero-order valence-electron chi connectivity index (χ0n) is 14.6. The Morgan fingerprint density at radius 1 is 1.04 bits per heavy atom. The fourth-order valence-electron chi connectivity index (χ4n) is 2.58. The van der Waals surface area contributed by atoms with Crippen LogP contribution in [0.5, 0.6) is 0 Å². The molecule has 0 spiro atoms. The third kappa shape index (κ3) is 4.37. The molecule has 1 aromatic heterocycles. The van der Waals surface area contributed by atoms with Gasteiger partial charge in [0.2, 0.25) is 5.69 Å². The van der Waals surface area contributed by atoms with Gasteiger partial charge in [-0.15, -0.1) is 5.10 Å². The molecule has 2 rings (SSSR count). The van der Waals surface area contributed by atoms with Crippen molar-refractivity contribution >= 4 is 17.9 Å². The molecule has 1 aliphatic rings. The first-order valence-corrected chi connectivity index (χ1v) is 7.67. The van der Waals surface area contributed by atoms with Crippen LogP contribution in [0.4, 0.5) is 0 Å². The summed E-state index contributed by atoms with van der Waals surface area (Å²) >= 11 is 0. The van der Waals surface area contributed by atoms with Crippen LogP contribution in [-0.4, -0.2) is 57.8 Å². The van der Waals surface area contributed by atoms with Gasteiger partial charge in [-0.3, -0.25) is 14.4 Å². The molecule has 1 saturated heterocycles. The highest BCUT2D eigenvalue weighted by molar-refractivity contribution is 5.68. The van der Waals surface area contributed by atoms with Gasteiger partial charge in [-0.2, -0.15) is 10.5 Å². The van der Waals surface area contributed by atoms with Crippen LogP contribution in [0.1, 0.15) is 38.4 Å². The van der Waals surface area contributed by atoms with Crippen molar-refractivity contribution in [2.45, 2.75) is 45.3 Å². The molecule has 142 valence electrons. The maximum Gasteiger partial charge on any atom is 0.303 e. The van der Waals surface area contributed by atoms with Crippen LogP contribution in [0.2, 0.25) is 0 Å². The smallest absolute Gasteiger partial charge is 0.303 e. The number of carbonyl (C=O) groups is 3. The van der Waals surface area contributed by atoms with Gasteiger partial charge in [-0.05, 0) is 0 Å². The molecule has 0 aliphatic carbocycles. The molecule has 0 unspecified atom stereocenters. The summed E-state index contributed by atoms with van der Waals surface area (Å²) in [7, 11) is 0. The lowest BCUT2D eigenvalue weighted by Crippen LogP contribution is -2.55. The van der Waals surface area contributed by atoms with Crippen LogP contribution >= 0.6 is 0 Å². The van der Waals surface area contributed by atoms with Crippen molar-refractivity contribution in [3.05, 3.63) is 11.4 Å². The summed E-state index contributed by atoms with van der Waals surface area (Å²) in [6, 6.07) is 3.47. The molecule has 0 saturated carbocycles. The summed E-state index contributed by atoms with van der Waals surface area (Å²) < 4.78 is 22.0. The fourth-order valence-corrected chi connectivity index (χ4v) is 2.58. The second-order valence-corrected chi connectivity index (χ2v) is 5.47. The average molecular weight is 377 g/mol. The maximum atomic E-state index is 11.6. The SMILES string of the molecule is CC(=O)O[C@@H]1[C@H](OC(C)=O)[C@H](OC(C)=O)CO[C@@H]1n1nnc(C#N)c1C#N. The third-order valence-corrected chi connectivity index (χ3v) is 3.47. The molecule has 27 heavy (non-hydrogen) atoms. The monoisotopic (exact) mass is 377 g/mol. The number of nitrogens with zero attached hydrogens (tertiary/aromatic N) is 5. The van der Waals surface area contributed by atoms with Crippen LogP contribution in [0.25, 0.3) is 0 Å². The highest BCUT2D eigenvalue weighted by atomic mass is 16.6. The van der Waals surface area contributed by atoms with E-state index in [9.17, 15) is 19.6 Å². The maximum absolute atomic E-state index is 11.6. The Hall–Kier alpha value is -3.51. The minimum atomic E-state index is -1.31. The topological polar surface area (TPSA) is 166 Å². The lowest BCUT2D eigenvalue weighted by molar-refractivity contribution is -0.241. The number of hydrogen-bond donors (Lipinski definition) is 0. The van der Waals surface area contributed by atoms with E-state index in [1.54, 1.807) is 12.1 Å². The van der Waals surface area contributed by atoms with E-state index in [1.165, 1.54) is 0 Å². The number of hydrogen-bond acceptors (Lipinski definition) is 11. The van der Waals surface area contributed by atoms with E-state index in [1.807, 2.05) is 0 Å². The first-order chi connectivity index (χ1) is 12.8. The number of nitriles is 2. The van der Waals surface area contributed by atoms with Crippen LogP contribution in [0.15, 0.2) is 0 Å². The number of carbonyl (C=O) groups excluding carboxylic acids is 3. The normalized spacial score (nSPS) is 24.2. The molecule has 1 aliphatic heterocycles.